The Morgan fingerprint density at radius 1 is 0.925 bits per heavy atom. The van der Waals surface area contributed by atoms with Crippen LogP contribution in [0.15, 0.2) is 53.6 Å². The number of fused-ring (bicyclic) bond motifs is 1. The van der Waals surface area contributed by atoms with Crippen molar-refractivity contribution in [2.75, 3.05) is 21.3 Å². The van der Waals surface area contributed by atoms with Gasteiger partial charge in [0.25, 0.3) is 5.91 Å². The smallest absolute Gasteiger partial charge is 0.271 e. The van der Waals surface area contributed by atoms with Crippen LogP contribution in [0, 0.1) is 0 Å². The second kappa shape index (κ2) is 11.5. The normalized spacial score (nSPS) is 15.3. The van der Waals surface area contributed by atoms with Gasteiger partial charge in [0.05, 0.1) is 27.5 Å². The van der Waals surface area contributed by atoms with Crippen molar-refractivity contribution in [1.82, 2.24) is 5.43 Å². The summed E-state index contributed by atoms with van der Waals surface area (Å²) in [7, 11) is 4.55. The largest absolute Gasteiger partial charge is 0.504 e. The van der Waals surface area contributed by atoms with Gasteiger partial charge in [-0.05, 0) is 70.7 Å². The summed E-state index contributed by atoms with van der Waals surface area (Å²) in [5.74, 6) is 1.16. The zero-order chi connectivity index (χ0) is 29.1. The van der Waals surface area contributed by atoms with Crippen molar-refractivity contribution in [1.29, 1.82) is 0 Å². The van der Waals surface area contributed by atoms with E-state index in [0.29, 0.717) is 35.0 Å². The molecule has 212 valence electrons. The summed E-state index contributed by atoms with van der Waals surface area (Å²) >= 11 is 0. The van der Waals surface area contributed by atoms with Crippen molar-refractivity contribution in [2.45, 2.75) is 58.0 Å². The number of phenols is 1. The molecule has 4 rings (SSSR count). The summed E-state index contributed by atoms with van der Waals surface area (Å²) in [4.78, 5) is 12.5. The number of amides is 1. The summed E-state index contributed by atoms with van der Waals surface area (Å²) < 4.78 is 22.7. The SMILES string of the molecule is COc1cc(C(=O)NN=Cc2cc(OC)c(OCc3cccc4c3C(C)(C)CCC4(C)C)c(OC)c2)ccc1O. The highest BCUT2D eigenvalue weighted by molar-refractivity contribution is 5.95. The topological polar surface area (TPSA) is 98.6 Å². The third-order valence-corrected chi connectivity index (χ3v) is 7.61. The maximum absolute atomic E-state index is 12.5. The molecule has 0 aromatic heterocycles. The molecule has 0 atom stereocenters. The molecule has 0 unspecified atom stereocenters. The number of carbonyl (C=O) groups is 1. The molecule has 0 radical (unpaired) electrons. The monoisotopic (exact) mass is 546 g/mol. The van der Waals surface area contributed by atoms with Crippen LogP contribution >= 0.6 is 0 Å². The summed E-state index contributed by atoms with van der Waals surface area (Å²) in [5, 5.41) is 13.8. The minimum Gasteiger partial charge on any atom is -0.504 e. The molecule has 0 bridgehead atoms. The number of hydrogen-bond acceptors (Lipinski definition) is 7. The maximum Gasteiger partial charge on any atom is 0.271 e. The highest BCUT2D eigenvalue weighted by atomic mass is 16.5. The summed E-state index contributed by atoms with van der Waals surface area (Å²) in [5.41, 5.74) is 7.46. The van der Waals surface area contributed by atoms with Crippen LogP contribution in [0.1, 0.15) is 73.1 Å². The Balaban J connectivity index is 1.55. The molecule has 1 amide bonds. The predicted octanol–water partition coefficient (Wildman–Crippen LogP) is 6.11. The zero-order valence-corrected chi connectivity index (χ0v) is 24.3. The highest BCUT2D eigenvalue weighted by Gasteiger charge is 2.38. The number of aromatic hydroxyl groups is 1. The molecule has 1 aliphatic rings. The Kier molecular flexibility index (Phi) is 8.28. The molecule has 3 aromatic carbocycles. The number of hydrogen-bond donors (Lipinski definition) is 2. The second-order valence-electron chi connectivity index (χ2n) is 11.2. The van der Waals surface area contributed by atoms with Gasteiger partial charge in [0.15, 0.2) is 23.0 Å². The molecule has 0 aliphatic heterocycles. The molecule has 0 heterocycles. The molecule has 3 aromatic rings. The van der Waals surface area contributed by atoms with Crippen molar-refractivity contribution >= 4 is 12.1 Å². The van der Waals surface area contributed by atoms with Gasteiger partial charge in [-0.3, -0.25) is 4.79 Å². The highest BCUT2D eigenvalue weighted by Crippen LogP contribution is 2.47. The molecule has 0 saturated carbocycles. The van der Waals surface area contributed by atoms with Gasteiger partial charge >= 0.3 is 0 Å². The molecule has 8 heteroatoms. The number of methoxy groups -OCH3 is 3. The van der Waals surface area contributed by atoms with Crippen molar-refractivity contribution in [3.8, 4) is 28.7 Å². The minimum absolute atomic E-state index is 0.0506. The van der Waals surface area contributed by atoms with Crippen LogP contribution in [-0.4, -0.2) is 38.6 Å². The predicted molar refractivity (Wildman–Crippen MR) is 155 cm³/mol. The molecule has 8 nitrogen and oxygen atoms in total. The Hall–Kier alpha value is -4.20. The van der Waals surface area contributed by atoms with Crippen LogP contribution in [0.25, 0.3) is 0 Å². The van der Waals surface area contributed by atoms with Crippen molar-refractivity contribution in [3.05, 3.63) is 76.3 Å². The van der Waals surface area contributed by atoms with E-state index in [9.17, 15) is 9.90 Å². The van der Waals surface area contributed by atoms with E-state index in [1.54, 1.807) is 26.4 Å². The standard InChI is InChI=1S/C32H38N2O6/c1-31(2)13-14-32(3,4)28-22(9-8-10-23(28)31)19-40-29-26(38-6)15-20(16-27(29)39-7)18-33-34-30(36)21-11-12-24(35)25(17-21)37-5/h8-12,15-18,35H,13-14,19H2,1-7H3,(H,34,36). The summed E-state index contributed by atoms with van der Waals surface area (Å²) in [6.45, 7) is 9.59. The second-order valence-corrected chi connectivity index (χ2v) is 11.2. The first-order chi connectivity index (χ1) is 19.0. The van der Waals surface area contributed by atoms with Crippen LogP contribution in [0.3, 0.4) is 0 Å². The lowest BCUT2D eigenvalue weighted by Crippen LogP contribution is -2.35. The lowest BCUT2D eigenvalue weighted by atomic mass is 9.62. The number of nitrogens with zero attached hydrogens (tertiary/aromatic N) is 1. The number of ether oxygens (including phenoxy) is 4. The molecular weight excluding hydrogens is 508 g/mol. The maximum atomic E-state index is 12.5. The lowest BCUT2D eigenvalue weighted by molar-refractivity contribution is 0.0954. The number of hydrazone groups is 1. The van der Waals surface area contributed by atoms with Crippen LogP contribution in [0.5, 0.6) is 28.7 Å². The first-order valence-corrected chi connectivity index (χ1v) is 13.2. The van der Waals surface area contributed by atoms with Gasteiger partial charge in [0.2, 0.25) is 5.75 Å². The lowest BCUT2D eigenvalue weighted by Gasteiger charge is -2.43. The van der Waals surface area contributed by atoms with Crippen LogP contribution < -0.4 is 24.4 Å². The van der Waals surface area contributed by atoms with Crippen molar-refractivity contribution in [2.24, 2.45) is 5.10 Å². The van der Waals surface area contributed by atoms with E-state index in [4.69, 9.17) is 18.9 Å². The van der Waals surface area contributed by atoms with E-state index in [0.717, 1.165) is 18.4 Å². The van der Waals surface area contributed by atoms with E-state index in [1.165, 1.54) is 42.7 Å². The molecule has 1 aliphatic carbocycles. The third kappa shape index (κ3) is 5.86. The Labute approximate surface area is 235 Å². The first kappa shape index (κ1) is 28.8. The van der Waals surface area contributed by atoms with Gasteiger partial charge in [0.1, 0.15) is 6.61 Å². The third-order valence-electron chi connectivity index (χ3n) is 7.61. The Morgan fingerprint density at radius 3 is 2.23 bits per heavy atom. The molecule has 2 N–H and O–H groups in total. The fraction of sp³-hybridized carbons (Fsp3) is 0.375. The average Bonchev–Trinajstić information content (AvgIpc) is 2.94. The van der Waals surface area contributed by atoms with Gasteiger partial charge < -0.3 is 24.1 Å². The van der Waals surface area contributed by atoms with Crippen LogP contribution in [-0.2, 0) is 17.4 Å². The number of phenolic OH excluding ortho intramolecular Hbond substituents is 1. The molecular formula is C32H38N2O6. The molecule has 0 fully saturated rings. The Bertz CT molecular complexity index is 1400. The average molecular weight is 547 g/mol. The minimum atomic E-state index is -0.453. The number of nitrogens with one attached hydrogen (secondary N) is 1. The fourth-order valence-electron chi connectivity index (χ4n) is 5.28. The van der Waals surface area contributed by atoms with Crippen molar-refractivity contribution < 1.29 is 28.8 Å². The summed E-state index contributed by atoms with van der Waals surface area (Å²) in [6, 6.07) is 14.3. The quantitative estimate of drug-likeness (QED) is 0.248. The van der Waals surface area contributed by atoms with Gasteiger partial charge in [-0.25, -0.2) is 5.43 Å². The van der Waals surface area contributed by atoms with Gasteiger partial charge in [0, 0.05) is 11.1 Å². The number of rotatable bonds is 9. The molecule has 0 saturated heterocycles. The first-order valence-electron chi connectivity index (χ1n) is 13.2. The van der Waals surface area contributed by atoms with Gasteiger partial charge in [-0.15, -0.1) is 0 Å². The number of benzene rings is 3. The van der Waals surface area contributed by atoms with E-state index in [1.807, 2.05) is 0 Å². The van der Waals surface area contributed by atoms with E-state index >= 15 is 0 Å². The van der Waals surface area contributed by atoms with Gasteiger partial charge in [-0.1, -0.05) is 45.9 Å². The van der Waals surface area contributed by atoms with Gasteiger partial charge in [-0.2, -0.15) is 5.10 Å². The number of carbonyl (C=O) groups excluding carboxylic acids is 1. The van der Waals surface area contributed by atoms with Crippen LogP contribution in [0.2, 0.25) is 0 Å². The van der Waals surface area contributed by atoms with E-state index in [-0.39, 0.29) is 22.3 Å². The zero-order valence-electron chi connectivity index (χ0n) is 24.3. The Morgan fingerprint density at radius 2 is 1.57 bits per heavy atom. The fourth-order valence-corrected chi connectivity index (χ4v) is 5.28. The molecule has 40 heavy (non-hydrogen) atoms. The van der Waals surface area contributed by atoms with E-state index in [2.05, 4.69) is 56.4 Å². The van der Waals surface area contributed by atoms with E-state index < -0.39 is 5.91 Å². The van der Waals surface area contributed by atoms with Crippen molar-refractivity contribution in [3.63, 3.8) is 0 Å². The molecule has 0 spiro atoms. The van der Waals surface area contributed by atoms with Crippen LogP contribution in [0.4, 0.5) is 0 Å². The summed E-state index contributed by atoms with van der Waals surface area (Å²) in [6.07, 6.45) is 3.75.